The number of hydrogen-bond acceptors (Lipinski definition) is 3. The van der Waals surface area contributed by atoms with Crippen LogP contribution in [0.4, 0.5) is 0 Å². The number of ether oxygens (including phenoxy) is 1. The van der Waals surface area contributed by atoms with Crippen LogP contribution in [0.2, 0.25) is 0 Å². The Morgan fingerprint density at radius 1 is 0.719 bits per heavy atom. The predicted octanol–water partition coefficient (Wildman–Crippen LogP) is 8.17. The molecule has 0 radical (unpaired) electrons. The molecule has 188 valence electrons. The van der Waals surface area contributed by atoms with Gasteiger partial charge in [0.15, 0.2) is 0 Å². The minimum atomic E-state index is -0.767. The molecule has 1 aliphatic rings. The fraction of sp³-hybridized carbons (Fsp3) is 0.929. The van der Waals surface area contributed by atoms with Gasteiger partial charge < -0.3 is 9.84 Å². The van der Waals surface area contributed by atoms with Crippen molar-refractivity contribution < 1.29 is 19.4 Å². The van der Waals surface area contributed by atoms with E-state index in [0.717, 1.165) is 44.4 Å². The molecule has 1 fully saturated rings. The third kappa shape index (κ3) is 14.2. The molecule has 4 nitrogen and oxygen atoms in total. The predicted molar refractivity (Wildman–Crippen MR) is 133 cm³/mol. The molecule has 1 N–H and O–H groups in total. The van der Waals surface area contributed by atoms with Gasteiger partial charge in [0.1, 0.15) is 6.10 Å². The quantitative estimate of drug-likeness (QED) is 0.168. The molecule has 1 rings (SSSR count). The Hall–Kier alpha value is -1.06. The lowest BCUT2D eigenvalue weighted by Crippen LogP contribution is -2.31. The summed E-state index contributed by atoms with van der Waals surface area (Å²) >= 11 is 0. The standard InChI is InChI=1S/C28H52O4/c1-22(2)15-10-8-6-5-7-9-11-19-26(20-13-12-16-23(3)4)32-28(31)25-18-14-17-24(21-25)27(29)30/h22-26H,5-21H2,1-4H3,(H,29,30). The van der Waals surface area contributed by atoms with Crippen LogP contribution in [0, 0.1) is 23.7 Å². The van der Waals surface area contributed by atoms with Crippen LogP contribution < -0.4 is 0 Å². The van der Waals surface area contributed by atoms with Crippen molar-refractivity contribution in [3.63, 3.8) is 0 Å². The molecule has 0 aromatic heterocycles. The molecule has 0 aromatic carbocycles. The van der Waals surface area contributed by atoms with Crippen LogP contribution in [-0.2, 0) is 14.3 Å². The summed E-state index contributed by atoms with van der Waals surface area (Å²) in [6, 6.07) is 0. The topological polar surface area (TPSA) is 63.6 Å². The first-order chi connectivity index (χ1) is 15.3. The van der Waals surface area contributed by atoms with E-state index in [-0.39, 0.29) is 23.9 Å². The molecule has 3 unspecified atom stereocenters. The summed E-state index contributed by atoms with van der Waals surface area (Å²) in [4.78, 5) is 24.1. The Morgan fingerprint density at radius 2 is 1.16 bits per heavy atom. The zero-order valence-corrected chi connectivity index (χ0v) is 21.6. The first kappa shape index (κ1) is 29.0. The van der Waals surface area contributed by atoms with Crippen molar-refractivity contribution in [3.8, 4) is 0 Å². The average Bonchev–Trinajstić information content (AvgIpc) is 2.74. The second kappa shape index (κ2) is 17.4. The van der Waals surface area contributed by atoms with Crippen molar-refractivity contribution in [2.45, 2.75) is 143 Å². The van der Waals surface area contributed by atoms with Crippen LogP contribution in [0.15, 0.2) is 0 Å². The summed E-state index contributed by atoms with van der Waals surface area (Å²) in [6.45, 7) is 9.10. The zero-order valence-electron chi connectivity index (χ0n) is 21.6. The van der Waals surface area contributed by atoms with Gasteiger partial charge in [-0.15, -0.1) is 0 Å². The molecule has 0 amide bonds. The van der Waals surface area contributed by atoms with Crippen molar-refractivity contribution in [1.29, 1.82) is 0 Å². The normalized spacial score (nSPS) is 19.9. The SMILES string of the molecule is CC(C)CCCCCCCCCC(CCCCC(C)C)OC(=O)C1CCCC(C(=O)O)C1. The van der Waals surface area contributed by atoms with E-state index in [0.29, 0.717) is 18.8 Å². The fourth-order valence-electron chi connectivity index (χ4n) is 4.88. The Labute approximate surface area is 198 Å². The largest absolute Gasteiger partial charge is 0.481 e. The van der Waals surface area contributed by atoms with Crippen molar-refractivity contribution in [1.82, 2.24) is 0 Å². The van der Waals surface area contributed by atoms with E-state index in [2.05, 4.69) is 27.7 Å². The highest BCUT2D eigenvalue weighted by Crippen LogP contribution is 2.31. The van der Waals surface area contributed by atoms with Gasteiger partial charge in [-0.3, -0.25) is 9.59 Å². The maximum absolute atomic E-state index is 12.8. The number of esters is 1. The maximum Gasteiger partial charge on any atom is 0.309 e. The molecule has 0 heterocycles. The van der Waals surface area contributed by atoms with Crippen LogP contribution in [-0.4, -0.2) is 23.1 Å². The van der Waals surface area contributed by atoms with Crippen molar-refractivity contribution in [2.75, 3.05) is 0 Å². The lowest BCUT2D eigenvalue weighted by atomic mass is 9.81. The van der Waals surface area contributed by atoms with E-state index in [1.165, 1.54) is 57.8 Å². The van der Waals surface area contributed by atoms with E-state index in [4.69, 9.17) is 4.74 Å². The van der Waals surface area contributed by atoms with Crippen LogP contribution in [0.1, 0.15) is 137 Å². The molecule has 32 heavy (non-hydrogen) atoms. The number of hydrogen-bond donors (Lipinski definition) is 1. The van der Waals surface area contributed by atoms with E-state index in [1.54, 1.807) is 0 Å². The number of carbonyl (C=O) groups excluding carboxylic acids is 1. The van der Waals surface area contributed by atoms with Gasteiger partial charge in [0.2, 0.25) is 0 Å². The minimum Gasteiger partial charge on any atom is -0.481 e. The lowest BCUT2D eigenvalue weighted by Gasteiger charge is -2.27. The number of carbonyl (C=O) groups is 2. The fourth-order valence-corrected chi connectivity index (χ4v) is 4.88. The third-order valence-electron chi connectivity index (χ3n) is 7.00. The summed E-state index contributed by atoms with van der Waals surface area (Å²) in [5, 5.41) is 9.31. The van der Waals surface area contributed by atoms with E-state index < -0.39 is 5.97 Å². The number of rotatable bonds is 18. The number of carboxylic acids is 1. The number of carboxylic acid groups (broad SMARTS) is 1. The van der Waals surface area contributed by atoms with E-state index in [1.807, 2.05) is 0 Å². The van der Waals surface area contributed by atoms with Gasteiger partial charge in [0, 0.05) is 0 Å². The number of aliphatic carboxylic acids is 1. The molecule has 0 spiro atoms. The van der Waals surface area contributed by atoms with Crippen LogP contribution >= 0.6 is 0 Å². The first-order valence-electron chi connectivity index (χ1n) is 13.7. The Bertz CT molecular complexity index is 500. The average molecular weight is 453 g/mol. The van der Waals surface area contributed by atoms with Crippen LogP contribution in [0.3, 0.4) is 0 Å². The van der Waals surface area contributed by atoms with Gasteiger partial charge in [0.05, 0.1) is 11.8 Å². The van der Waals surface area contributed by atoms with E-state index >= 15 is 0 Å². The molecule has 0 saturated heterocycles. The summed E-state index contributed by atoms with van der Waals surface area (Å²) in [5.74, 6) is 0.0117. The lowest BCUT2D eigenvalue weighted by molar-refractivity contribution is -0.158. The van der Waals surface area contributed by atoms with Gasteiger partial charge >= 0.3 is 11.9 Å². The zero-order chi connectivity index (χ0) is 23.8. The molecule has 0 aliphatic heterocycles. The second-order valence-corrected chi connectivity index (χ2v) is 11.1. The van der Waals surface area contributed by atoms with Gasteiger partial charge in [-0.1, -0.05) is 91.9 Å². The van der Waals surface area contributed by atoms with Gasteiger partial charge in [0.25, 0.3) is 0 Å². The molecule has 0 bridgehead atoms. The van der Waals surface area contributed by atoms with Gasteiger partial charge in [-0.2, -0.15) is 0 Å². The summed E-state index contributed by atoms with van der Waals surface area (Å²) in [5.41, 5.74) is 0. The Balaban J connectivity index is 2.35. The number of unbranched alkanes of at least 4 members (excludes halogenated alkanes) is 7. The van der Waals surface area contributed by atoms with Crippen molar-refractivity contribution in [2.24, 2.45) is 23.7 Å². The highest BCUT2D eigenvalue weighted by Gasteiger charge is 2.32. The van der Waals surface area contributed by atoms with Crippen LogP contribution in [0.5, 0.6) is 0 Å². The molecule has 0 aromatic rings. The summed E-state index contributed by atoms with van der Waals surface area (Å²) in [7, 11) is 0. The minimum absolute atomic E-state index is 0.00547. The summed E-state index contributed by atoms with van der Waals surface area (Å²) in [6.07, 6.45) is 18.5. The van der Waals surface area contributed by atoms with Gasteiger partial charge in [-0.05, 0) is 56.8 Å². The molecule has 1 saturated carbocycles. The van der Waals surface area contributed by atoms with Crippen LogP contribution in [0.25, 0.3) is 0 Å². The molecular formula is C28H52O4. The second-order valence-electron chi connectivity index (χ2n) is 11.1. The highest BCUT2D eigenvalue weighted by molar-refractivity contribution is 5.75. The summed E-state index contributed by atoms with van der Waals surface area (Å²) < 4.78 is 5.98. The monoisotopic (exact) mass is 452 g/mol. The Kier molecular flexibility index (Phi) is 15.8. The van der Waals surface area contributed by atoms with Crippen molar-refractivity contribution in [3.05, 3.63) is 0 Å². The third-order valence-corrected chi connectivity index (χ3v) is 7.00. The molecule has 1 aliphatic carbocycles. The Morgan fingerprint density at radius 3 is 1.69 bits per heavy atom. The maximum atomic E-state index is 12.8. The van der Waals surface area contributed by atoms with Gasteiger partial charge in [-0.25, -0.2) is 0 Å². The molecule has 4 heteroatoms. The highest BCUT2D eigenvalue weighted by atomic mass is 16.5. The first-order valence-corrected chi connectivity index (χ1v) is 13.7. The van der Waals surface area contributed by atoms with E-state index in [9.17, 15) is 14.7 Å². The smallest absolute Gasteiger partial charge is 0.309 e. The molecule has 3 atom stereocenters. The van der Waals surface area contributed by atoms with Crippen molar-refractivity contribution >= 4 is 11.9 Å². The molecular weight excluding hydrogens is 400 g/mol.